The second-order valence-electron chi connectivity index (χ2n) is 6.41. The van der Waals surface area contributed by atoms with Gasteiger partial charge in [-0.2, -0.15) is 4.68 Å². The summed E-state index contributed by atoms with van der Waals surface area (Å²) in [4.78, 5) is 12.6. The summed E-state index contributed by atoms with van der Waals surface area (Å²) in [5.74, 6) is -0.0831. The first-order valence-electron chi connectivity index (χ1n) is 8.91. The number of carbonyl (C=O) groups is 1. The van der Waals surface area contributed by atoms with Crippen LogP contribution in [0.15, 0.2) is 47.6 Å². The van der Waals surface area contributed by atoms with Crippen LogP contribution in [0.5, 0.6) is 0 Å². The van der Waals surface area contributed by atoms with Crippen LogP contribution >= 0.6 is 11.8 Å². The third-order valence-corrected chi connectivity index (χ3v) is 5.41. The smallest absolute Gasteiger partial charge is 0.237 e. The summed E-state index contributed by atoms with van der Waals surface area (Å²) >= 11 is 1.34. The van der Waals surface area contributed by atoms with Gasteiger partial charge in [0, 0.05) is 5.69 Å². The minimum atomic E-state index is -0.343. The van der Waals surface area contributed by atoms with E-state index in [1.807, 2.05) is 63.2 Å². The Balaban J connectivity index is 1.74. The van der Waals surface area contributed by atoms with Crippen molar-refractivity contribution in [1.29, 1.82) is 0 Å². The molecule has 1 atom stereocenters. The van der Waals surface area contributed by atoms with Gasteiger partial charge in [-0.05, 0) is 66.4 Å². The van der Waals surface area contributed by atoms with Crippen molar-refractivity contribution in [3.05, 3.63) is 59.2 Å². The summed E-state index contributed by atoms with van der Waals surface area (Å²) in [6.45, 7) is 8.00. The van der Waals surface area contributed by atoms with Crippen molar-refractivity contribution < 1.29 is 4.79 Å². The first-order valence-corrected chi connectivity index (χ1v) is 9.79. The average molecular weight is 382 g/mol. The maximum atomic E-state index is 12.6. The number of nitrogens with one attached hydrogen (secondary N) is 1. The van der Waals surface area contributed by atoms with E-state index in [0.717, 1.165) is 28.9 Å². The normalized spacial score (nSPS) is 12.0. The number of hydrogen-bond acceptors (Lipinski definition) is 5. The maximum Gasteiger partial charge on any atom is 0.237 e. The molecule has 0 saturated carbocycles. The molecule has 0 spiro atoms. The molecule has 6 nitrogen and oxygen atoms in total. The van der Waals surface area contributed by atoms with E-state index in [4.69, 9.17) is 0 Å². The third kappa shape index (κ3) is 4.36. The molecule has 2 aromatic carbocycles. The summed E-state index contributed by atoms with van der Waals surface area (Å²) < 4.78 is 1.70. The van der Waals surface area contributed by atoms with Crippen LogP contribution in [0.2, 0.25) is 0 Å². The van der Waals surface area contributed by atoms with Crippen molar-refractivity contribution in [3.63, 3.8) is 0 Å². The second kappa shape index (κ2) is 8.35. The van der Waals surface area contributed by atoms with Crippen molar-refractivity contribution in [3.8, 4) is 5.69 Å². The second-order valence-corrected chi connectivity index (χ2v) is 7.72. The molecule has 0 radical (unpaired) electrons. The number of rotatable bonds is 6. The van der Waals surface area contributed by atoms with Gasteiger partial charge in [0.05, 0.1) is 10.9 Å². The van der Waals surface area contributed by atoms with Gasteiger partial charge in [0.15, 0.2) is 0 Å². The number of aryl methyl sites for hydroxylation is 3. The van der Waals surface area contributed by atoms with Crippen molar-refractivity contribution in [2.75, 3.05) is 5.32 Å². The molecule has 1 N–H and O–H groups in total. The number of nitrogens with zero attached hydrogens (tertiary/aromatic N) is 4. The average Bonchev–Trinajstić information content (AvgIpc) is 3.10. The third-order valence-electron chi connectivity index (χ3n) is 4.37. The molecule has 0 aliphatic rings. The van der Waals surface area contributed by atoms with Gasteiger partial charge in [0.1, 0.15) is 0 Å². The highest BCUT2D eigenvalue weighted by Gasteiger charge is 2.20. The van der Waals surface area contributed by atoms with Gasteiger partial charge in [-0.1, -0.05) is 49.0 Å². The minimum absolute atomic E-state index is 0.0831. The lowest BCUT2D eigenvalue weighted by atomic mass is 10.1. The Labute approximate surface area is 163 Å². The van der Waals surface area contributed by atoms with E-state index in [2.05, 4.69) is 27.8 Å². The molecular formula is C20H23N5OS. The van der Waals surface area contributed by atoms with Crippen LogP contribution in [0.3, 0.4) is 0 Å². The van der Waals surface area contributed by atoms with Crippen molar-refractivity contribution >= 4 is 23.4 Å². The van der Waals surface area contributed by atoms with Crippen molar-refractivity contribution in [2.24, 2.45) is 0 Å². The quantitative estimate of drug-likeness (QED) is 0.654. The van der Waals surface area contributed by atoms with Crippen LogP contribution in [0.4, 0.5) is 5.69 Å². The molecule has 0 fully saturated rings. The zero-order chi connectivity index (χ0) is 19.4. The number of thioether (sulfide) groups is 1. The summed E-state index contributed by atoms with van der Waals surface area (Å²) in [7, 11) is 0. The number of carbonyl (C=O) groups excluding carboxylic acids is 1. The Morgan fingerprint density at radius 1 is 1.15 bits per heavy atom. The molecule has 140 valence electrons. The zero-order valence-corrected chi connectivity index (χ0v) is 16.7. The van der Waals surface area contributed by atoms with Crippen LogP contribution in [0.1, 0.15) is 30.5 Å². The fourth-order valence-electron chi connectivity index (χ4n) is 2.81. The molecule has 0 unspecified atom stereocenters. The van der Waals surface area contributed by atoms with Crippen LogP contribution in [0.25, 0.3) is 5.69 Å². The highest BCUT2D eigenvalue weighted by molar-refractivity contribution is 8.00. The van der Waals surface area contributed by atoms with Gasteiger partial charge >= 0.3 is 0 Å². The number of para-hydroxylation sites is 1. The Hall–Kier alpha value is -2.67. The van der Waals surface area contributed by atoms with Crippen LogP contribution in [-0.2, 0) is 11.2 Å². The molecule has 7 heteroatoms. The van der Waals surface area contributed by atoms with E-state index in [0.29, 0.717) is 5.16 Å². The number of aromatic nitrogens is 4. The minimum Gasteiger partial charge on any atom is -0.325 e. The van der Waals surface area contributed by atoms with Gasteiger partial charge in [-0.25, -0.2) is 0 Å². The molecule has 1 heterocycles. The SMILES string of the molecule is CCc1ccc(NC(=O)[C@@H](C)Sc2nnnn2-c2c(C)cccc2C)cc1. The van der Waals surface area contributed by atoms with Crippen LogP contribution in [-0.4, -0.2) is 31.4 Å². The highest BCUT2D eigenvalue weighted by atomic mass is 32.2. The number of anilines is 1. The van der Waals surface area contributed by atoms with Gasteiger partial charge in [-0.3, -0.25) is 4.79 Å². The number of amides is 1. The monoisotopic (exact) mass is 381 g/mol. The van der Waals surface area contributed by atoms with Gasteiger partial charge in [0.25, 0.3) is 0 Å². The van der Waals surface area contributed by atoms with E-state index in [-0.39, 0.29) is 11.2 Å². The first-order chi connectivity index (χ1) is 13.0. The molecule has 3 rings (SSSR count). The van der Waals surface area contributed by atoms with Crippen LogP contribution in [0, 0.1) is 13.8 Å². The number of tetrazole rings is 1. The molecule has 0 aliphatic carbocycles. The molecule has 0 bridgehead atoms. The number of hydrogen-bond donors (Lipinski definition) is 1. The summed E-state index contributed by atoms with van der Waals surface area (Å²) in [6.07, 6.45) is 0.974. The molecule has 1 amide bonds. The maximum absolute atomic E-state index is 12.6. The molecule has 1 aromatic heterocycles. The Morgan fingerprint density at radius 2 is 1.81 bits per heavy atom. The topological polar surface area (TPSA) is 72.7 Å². The predicted octanol–water partition coefficient (Wildman–Crippen LogP) is 3.96. The van der Waals surface area contributed by atoms with E-state index >= 15 is 0 Å². The van der Waals surface area contributed by atoms with Gasteiger partial charge < -0.3 is 5.32 Å². The lowest BCUT2D eigenvalue weighted by Gasteiger charge is -2.14. The first kappa shape index (κ1) is 19.1. The summed E-state index contributed by atoms with van der Waals surface area (Å²) in [6, 6.07) is 13.9. The molecular weight excluding hydrogens is 358 g/mol. The molecule has 0 aliphatic heterocycles. The van der Waals surface area contributed by atoms with E-state index in [1.54, 1.807) is 4.68 Å². The molecule has 27 heavy (non-hydrogen) atoms. The lowest BCUT2D eigenvalue weighted by molar-refractivity contribution is -0.115. The molecule has 0 saturated heterocycles. The Morgan fingerprint density at radius 3 is 2.44 bits per heavy atom. The lowest BCUT2D eigenvalue weighted by Crippen LogP contribution is -2.23. The standard InChI is InChI=1S/C20H23N5OS/c1-5-16-9-11-17(12-10-16)21-19(26)15(4)27-20-22-23-24-25(20)18-13(2)7-6-8-14(18)3/h6-12,15H,5H2,1-4H3,(H,21,26)/t15-/m1/s1. The Kier molecular flexibility index (Phi) is 5.91. The van der Waals surface area contributed by atoms with Gasteiger partial charge in [-0.15, -0.1) is 5.10 Å². The summed E-state index contributed by atoms with van der Waals surface area (Å²) in [5, 5.41) is 15.2. The molecule has 3 aromatic rings. The fraction of sp³-hybridized carbons (Fsp3) is 0.300. The largest absolute Gasteiger partial charge is 0.325 e. The van der Waals surface area contributed by atoms with Crippen molar-refractivity contribution in [2.45, 2.75) is 44.5 Å². The fourth-order valence-corrected chi connectivity index (χ4v) is 3.61. The Bertz CT molecular complexity index is 916. The van der Waals surface area contributed by atoms with Gasteiger partial charge in [0.2, 0.25) is 11.1 Å². The van der Waals surface area contributed by atoms with E-state index < -0.39 is 0 Å². The zero-order valence-electron chi connectivity index (χ0n) is 15.9. The summed E-state index contributed by atoms with van der Waals surface area (Å²) in [5.41, 5.74) is 5.14. The van der Waals surface area contributed by atoms with E-state index in [1.165, 1.54) is 17.3 Å². The van der Waals surface area contributed by atoms with E-state index in [9.17, 15) is 4.79 Å². The predicted molar refractivity (Wildman–Crippen MR) is 108 cm³/mol. The number of benzene rings is 2. The highest BCUT2D eigenvalue weighted by Crippen LogP contribution is 2.26. The van der Waals surface area contributed by atoms with Crippen molar-refractivity contribution in [1.82, 2.24) is 20.2 Å². The van der Waals surface area contributed by atoms with Crippen LogP contribution < -0.4 is 5.32 Å².